The maximum Gasteiger partial charge on any atom is 0.337 e. The van der Waals surface area contributed by atoms with Crippen molar-refractivity contribution in [3.05, 3.63) is 105 Å². The lowest BCUT2D eigenvalue weighted by molar-refractivity contribution is 0.655. The lowest BCUT2D eigenvalue weighted by atomic mass is 10.1. The molecular formula is C25H19N5O2. The minimum atomic E-state index is -0.427. The van der Waals surface area contributed by atoms with Crippen molar-refractivity contribution in [3.63, 3.8) is 0 Å². The number of benzene rings is 3. The minimum absolute atomic E-state index is 0.234. The molecule has 5 aromatic rings. The molecule has 5 rings (SSSR count). The predicted octanol–water partition coefficient (Wildman–Crippen LogP) is 3.44. The summed E-state index contributed by atoms with van der Waals surface area (Å²) in [5, 5.41) is 11.3. The Balaban J connectivity index is 1.83. The number of imidazole rings is 1. The zero-order valence-electron chi connectivity index (χ0n) is 17.4. The van der Waals surface area contributed by atoms with Gasteiger partial charge in [0.15, 0.2) is 11.2 Å². The third-order valence-corrected chi connectivity index (χ3v) is 5.70. The van der Waals surface area contributed by atoms with Gasteiger partial charge in [0.25, 0.3) is 5.56 Å². The summed E-state index contributed by atoms with van der Waals surface area (Å²) in [6.45, 7) is 2.30. The average molecular weight is 421 g/mol. The molecule has 0 bridgehead atoms. The summed E-state index contributed by atoms with van der Waals surface area (Å²) < 4.78 is 4.44. The molecule has 0 aliphatic carbocycles. The van der Waals surface area contributed by atoms with Crippen LogP contribution in [0.2, 0.25) is 0 Å². The molecule has 0 unspecified atom stereocenters. The van der Waals surface area contributed by atoms with E-state index in [0.717, 1.165) is 16.3 Å². The van der Waals surface area contributed by atoms with Crippen LogP contribution in [0, 0.1) is 11.3 Å². The molecule has 2 heterocycles. The average Bonchev–Trinajstić information content (AvgIpc) is 3.23. The van der Waals surface area contributed by atoms with Crippen molar-refractivity contribution in [3.8, 4) is 11.8 Å². The number of nitriles is 1. The van der Waals surface area contributed by atoms with Crippen LogP contribution in [0.25, 0.3) is 27.6 Å². The fraction of sp³-hybridized carbons (Fsp3) is 0.120. The van der Waals surface area contributed by atoms with Crippen LogP contribution >= 0.6 is 0 Å². The normalized spacial score (nSPS) is 11.1. The fourth-order valence-electron chi connectivity index (χ4n) is 4.15. The highest BCUT2D eigenvalue weighted by atomic mass is 16.2. The number of rotatable bonds is 4. The van der Waals surface area contributed by atoms with Crippen LogP contribution in [0.1, 0.15) is 18.1 Å². The molecule has 7 nitrogen and oxygen atoms in total. The molecule has 3 aromatic carbocycles. The lowest BCUT2D eigenvalue weighted by Gasteiger charge is -2.14. The highest BCUT2D eigenvalue weighted by molar-refractivity contribution is 5.91. The largest absolute Gasteiger partial charge is 0.337 e. The van der Waals surface area contributed by atoms with Gasteiger partial charge in [0.05, 0.1) is 30.2 Å². The van der Waals surface area contributed by atoms with Gasteiger partial charge >= 0.3 is 5.69 Å². The van der Waals surface area contributed by atoms with Crippen molar-refractivity contribution < 1.29 is 0 Å². The fourth-order valence-corrected chi connectivity index (χ4v) is 4.15. The molecule has 0 fully saturated rings. The van der Waals surface area contributed by atoms with Crippen LogP contribution in [0.3, 0.4) is 0 Å². The van der Waals surface area contributed by atoms with Gasteiger partial charge in [-0.15, -0.1) is 0 Å². The summed E-state index contributed by atoms with van der Waals surface area (Å²) in [6.07, 6.45) is 1.56. The van der Waals surface area contributed by atoms with Crippen LogP contribution in [-0.2, 0) is 13.1 Å². The maximum atomic E-state index is 13.4. The van der Waals surface area contributed by atoms with E-state index in [2.05, 4.69) is 11.1 Å². The summed E-state index contributed by atoms with van der Waals surface area (Å²) in [7, 11) is 0. The Kier molecular flexibility index (Phi) is 4.68. The molecule has 156 valence electrons. The number of hydrogen-bond donors (Lipinski definition) is 0. The Hall–Kier alpha value is -4.44. The van der Waals surface area contributed by atoms with E-state index in [-0.39, 0.29) is 6.54 Å². The molecule has 0 amide bonds. The van der Waals surface area contributed by atoms with Crippen LogP contribution < -0.4 is 11.2 Å². The van der Waals surface area contributed by atoms with Gasteiger partial charge in [-0.05, 0) is 30.0 Å². The smallest absolute Gasteiger partial charge is 0.320 e. The molecule has 7 heteroatoms. The van der Waals surface area contributed by atoms with E-state index < -0.39 is 11.2 Å². The van der Waals surface area contributed by atoms with Crippen LogP contribution in [0.15, 0.2) is 82.6 Å². The molecule has 0 saturated carbocycles. The van der Waals surface area contributed by atoms with Crippen molar-refractivity contribution in [2.24, 2.45) is 0 Å². The molecule has 32 heavy (non-hydrogen) atoms. The molecule has 0 aliphatic heterocycles. The summed E-state index contributed by atoms with van der Waals surface area (Å²) in [5.74, 6) is 0. The molecular weight excluding hydrogens is 402 g/mol. The highest BCUT2D eigenvalue weighted by Crippen LogP contribution is 2.23. The molecule has 0 spiro atoms. The van der Waals surface area contributed by atoms with Crippen molar-refractivity contribution >= 4 is 21.9 Å². The number of aromatic nitrogens is 4. The van der Waals surface area contributed by atoms with Crippen LogP contribution in [0.5, 0.6) is 0 Å². The van der Waals surface area contributed by atoms with Crippen LogP contribution in [0.4, 0.5) is 0 Å². The van der Waals surface area contributed by atoms with E-state index in [9.17, 15) is 14.9 Å². The van der Waals surface area contributed by atoms with Gasteiger partial charge in [0, 0.05) is 11.9 Å². The Morgan fingerprint density at radius 2 is 1.72 bits per heavy atom. The number of fused-ring (bicyclic) bond motifs is 2. The first-order chi connectivity index (χ1) is 15.6. The van der Waals surface area contributed by atoms with E-state index in [4.69, 9.17) is 0 Å². The Labute approximate surface area is 183 Å². The standard InChI is InChI=1S/C25H19N5O2/c1-2-29-24(31)22-23(27-16-28(22)15-19-10-4-3-9-18(19)14-26)30(25(29)32)21-13-7-11-17-8-5-6-12-20(17)21/h3-13,16H,2,15H2,1H3. The highest BCUT2D eigenvalue weighted by Gasteiger charge is 2.20. The zero-order valence-corrected chi connectivity index (χ0v) is 17.4. The van der Waals surface area contributed by atoms with E-state index in [1.165, 1.54) is 9.13 Å². The Morgan fingerprint density at radius 1 is 0.969 bits per heavy atom. The van der Waals surface area contributed by atoms with Gasteiger partial charge in [-0.3, -0.25) is 9.36 Å². The van der Waals surface area contributed by atoms with Gasteiger partial charge in [-0.1, -0.05) is 54.6 Å². The van der Waals surface area contributed by atoms with Gasteiger partial charge in [-0.25, -0.2) is 14.3 Å². The van der Waals surface area contributed by atoms with Crippen molar-refractivity contribution in [2.75, 3.05) is 0 Å². The molecule has 0 saturated heterocycles. The Bertz CT molecular complexity index is 1640. The van der Waals surface area contributed by atoms with Gasteiger partial charge in [0.2, 0.25) is 0 Å². The second-order valence-electron chi connectivity index (χ2n) is 7.48. The quantitative estimate of drug-likeness (QED) is 0.445. The van der Waals surface area contributed by atoms with Crippen molar-refractivity contribution in [1.82, 2.24) is 18.7 Å². The van der Waals surface area contributed by atoms with Crippen molar-refractivity contribution in [1.29, 1.82) is 5.26 Å². The third-order valence-electron chi connectivity index (χ3n) is 5.70. The minimum Gasteiger partial charge on any atom is -0.320 e. The first kappa shape index (κ1) is 19.5. The third kappa shape index (κ3) is 2.93. The summed E-state index contributed by atoms with van der Waals surface area (Å²) in [4.78, 5) is 31.1. The number of nitrogens with zero attached hydrogens (tertiary/aromatic N) is 5. The molecule has 2 aromatic heterocycles. The second kappa shape index (κ2) is 7.67. The predicted molar refractivity (Wildman–Crippen MR) is 123 cm³/mol. The first-order valence-corrected chi connectivity index (χ1v) is 10.3. The van der Waals surface area contributed by atoms with E-state index >= 15 is 0 Å². The molecule has 0 radical (unpaired) electrons. The molecule has 0 atom stereocenters. The Morgan fingerprint density at radius 3 is 2.53 bits per heavy atom. The monoisotopic (exact) mass is 421 g/mol. The SMILES string of the molecule is CCn1c(=O)c2c(ncn2Cc2ccccc2C#N)n(-c2cccc3ccccc23)c1=O. The molecule has 0 aliphatic rings. The van der Waals surface area contributed by atoms with E-state index in [0.29, 0.717) is 29.0 Å². The summed E-state index contributed by atoms with van der Waals surface area (Å²) in [5.41, 5.74) is 1.79. The van der Waals surface area contributed by atoms with Crippen molar-refractivity contribution in [2.45, 2.75) is 20.0 Å². The van der Waals surface area contributed by atoms with Gasteiger partial charge < -0.3 is 4.57 Å². The first-order valence-electron chi connectivity index (χ1n) is 10.3. The van der Waals surface area contributed by atoms with Gasteiger partial charge in [0.1, 0.15) is 0 Å². The topological polar surface area (TPSA) is 85.6 Å². The maximum absolute atomic E-state index is 13.4. The summed E-state index contributed by atoms with van der Waals surface area (Å²) in [6, 6.07) is 23.0. The number of hydrogen-bond acceptors (Lipinski definition) is 4. The van der Waals surface area contributed by atoms with E-state index in [1.54, 1.807) is 30.0 Å². The van der Waals surface area contributed by atoms with E-state index in [1.807, 2.05) is 54.6 Å². The lowest BCUT2D eigenvalue weighted by Crippen LogP contribution is -2.39. The van der Waals surface area contributed by atoms with Gasteiger partial charge in [-0.2, -0.15) is 5.26 Å². The zero-order chi connectivity index (χ0) is 22.2. The second-order valence-corrected chi connectivity index (χ2v) is 7.48. The van der Waals surface area contributed by atoms with Crippen LogP contribution in [-0.4, -0.2) is 18.7 Å². The molecule has 0 N–H and O–H groups in total. The summed E-state index contributed by atoms with van der Waals surface area (Å²) >= 11 is 0.